The smallest absolute Gasteiger partial charge is 0.172 e. The predicted octanol–water partition coefficient (Wildman–Crippen LogP) is -2.82. The summed E-state index contributed by atoms with van der Waals surface area (Å²) in [6, 6.07) is 0. The van der Waals surface area contributed by atoms with Crippen molar-refractivity contribution in [3.63, 3.8) is 0 Å². The van der Waals surface area contributed by atoms with Gasteiger partial charge in [-0.05, 0) is 10.9 Å². The number of aliphatic hydroxyl groups excluding tert-OH is 1. The van der Waals surface area contributed by atoms with Gasteiger partial charge in [-0.3, -0.25) is 0 Å². The minimum atomic E-state index is -0.315. The van der Waals surface area contributed by atoms with Gasteiger partial charge in [0, 0.05) is 27.1 Å². The van der Waals surface area contributed by atoms with E-state index in [-0.39, 0.29) is 42.3 Å². The third kappa shape index (κ3) is 2.62. The van der Waals surface area contributed by atoms with Crippen molar-refractivity contribution in [3.05, 3.63) is 0 Å². The van der Waals surface area contributed by atoms with E-state index in [1.165, 1.54) is 11.5 Å². The zero-order valence-electron chi connectivity index (χ0n) is 9.19. The maximum absolute atomic E-state index is 10.1. The van der Waals surface area contributed by atoms with Crippen molar-refractivity contribution in [1.82, 2.24) is 0 Å². The monoisotopic (exact) mass is 346 g/mol. The molecule has 2 aliphatic rings. The van der Waals surface area contributed by atoms with Gasteiger partial charge in [-0.15, -0.1) is 0 Å². The summed E-state index contributed by atoms with van der Waals surface area (Å²) in [4.78, 5) is 0. The van der Waals surface area contributed by atoms with Crippen LogP contribution in [-0.4, -0.2) is 54.4 Å². The van der Waals surface area contributed by atoms with E-state index in [9.17, 15) is 5.11 Å². The molecule has 0 radical (unpaired) electrons. The molecule has 15 heavy (non-hydrogen) atoms. The molecule has 5 heteroatoms. The number of methoxy groups -OCH3 is 2. The number of hydrogen-bond acceptors (Lipinski definition) is 3. The van der Waals surface area contributed by atoms with Crippen LogP contribution in [0.4, 0.5) is 0 Å². The second-order valence-electron chi connectivity index (χ2n) is 4.03. The fraction of sp³-hybridized carbons (Fsp3) is 1.00. The normalized spacial score (nSPS) is 44.6. The molecular formula is C10H19IO3S. The SMILES string of the molecule is CO[C@H]1CC[S+]2CC[C@H](OC)[C@@H]2[C@H]1O.[I-]. The van der Waals surface area contributed by atoms with Gasteiger partial charge >= 0.3 is 0 Å². The van der Waals surface area contributed by atoms with Gasteiger partial charge < -0.3 is 38.6 Å². The van der Waals surface area contributed by atoms with Crippen LogP contribution < -0.4 is 24.0 Å². The maximum Gasteiger partial charge on any atom is 0.172 e. The number of fused-ring (bicyclic) bond motifs is 1. The summed E-state index contributed by atoms with van der Waals surface area (Å²) >= 11 is 0. The van der Waals surface area contributed by atoms with Crippen molar-refractivity contribution in [2.75, 3.05) is 25.7 Å². The number of rotatable bonds is 2. The molecule has 0 aromatic rings. The molecule has 0 spiro atoms. The van der Waals surface area contributed by atoms with Crippen LogP contribution in [0.25, 0.3) is 0 Å². The Kier molecular flexibility index (Phi) is 5.65. The lowest BCUT2D eigenvalue weighted by atomic mass is 10.0. The molecule has 0 aromatic heterocycles. The molecule has 2 rings (SSSR count). The van der Waals surface area contributed by atoms with Crippen LogP contribution in [-0.2, 0) is 20.4 Å². The summed E-state index contributed by atoms with van der Waals surface area (Å²) < 4.78 is 10.7. The molecule has 3 nitrogen and oxygen atoms in total. The summed E-state index contributed by atoms with van der Waals surface area (Å²) in [5, 5.41) is 10.5. The summed E-state index contributed by atoms with van der Waals surface area (Å²) in [5.74, 6) is 2.44. The third-order valence-corrected chi connectivity index (χ3v) is 6.28. The van der Waals surface area contributed by atoms with Crippen molar-refractivity contribution in [2.24, 2.45) is 0 Å². The lowest BCUT2D eigenvalue weighted by Gasteiger charge is -2.32. The molecule has 5 atom stereocenters. The minimum Gasteiger partial charge on any atom is -1.00 e. The van der Waals surface area contributed by atoms with Gasteiger partial charge in [-0.1, -0.05) is 0 Å². The topological polar surface area (TPSA) is 38.7 Å². The first kappa shape index (κ1) is 14.0. The predicted molar refractivity (Wildman–Crippen MR) is 57.7 cm³/mol. The van der Waals surface area contributed by atoms with Gasteiger partial charge in [0.15, 0.2) is 5.25 Å². The molecule has 1 N–H and O–H groups in total. The van der Waals surface area contributed by atoms with E-state index in [0.29, 0.717) is 16.1 Å². The van der Waals surface area contributed by atoms with Crippen LogP contribution in [0.1, 0.15) is 12.8 Å². The van der Waals surface area contributed by atoms with Gasteiger partial charge in [0.25, 0.3) is 0 Å². The first-order valence-electron chi connectivity index (χ1n) is 5.18. The molecule has 0 aromatic carbocycles. The Morgan fingerprint density at radius 2 is 1.60 bits per heavy atom. The van der Waals surface area contributed by atoms with E-state index in [1.807, 2.05) is 0 Å². The fourth-order valence-electron chi connectivity index (χ4n) is 2.60. The number of hydrogen-bond donors (Lipinski definition) is 1. The van der Waals surface area contributed by atoms with Crippen LogP contribution in [0, 0.1) is 0 Å². The van der Waals surface area contributed by atoms with E-state index in [0.717, 1.165) is 12.8 Å². The average Bonchev–Trinajstić information content (AvgIpc) is 2.62. The summed E-state index contributed by atoms with van der Waals surface area (Å²) in [5.41, 5.74) is 0. The van der Waals surface area contributed by atoms with Gasteiger partial charge in [-0.25, -0.2) is 0 Å². The number of aliphatic hydroxyl groups is 1. The van der Waals surface area contributed by atoms with Crippen LogP contribution >= 0.6 is 0 Å². The standard InChI is InChI=1S/C10H19O3S.HI/c1-12-7-3-5-14-6-4-8(13-2)10(14)9(7)11;/h7-11H,3-6H2,1-2H3;1H/q+1;/p-1/t7-,8-,9-,10+,14?;/m0./s1. The second kappa shape index (κ2) is 6.05. The summed E-state index contributed by atoms with van der Waals surface area (Å²) in [7, 11) is 3.82. The van der Waals surface area contributed by atoms with Crippen molar-refractivity contribution in [1.29, 1.82) is 0 Å². The van der Waals surface area contributed by atoms with Gasteiger partial charge in [0.1, 0.15) is 23.7 Å². The molecule has 2 fully saturated rings. The average molecular weight is 346 g/mol. The highest BCUT2D eigenvalue weighted by molar-refractivity contribution is 7.97. The Bertz CT molecular complexity index is 199. The second-order valence-corrected chi connectivity index (χ2v) is 6.46. The van der Waals surface area contributed by atoms with Gasteiger partial charge in [-0.2, -0.15) is 0 Å². The molecule has 2 heterocycles. The Hall–Kier alpha value is 0.960. The lowest BCUT2D eigenvalue weighted by Crippen LogP contribution is -3.00. The molecule has 0 bridgehead atoms. The zero-order chi connectivity index (χ0) is 10.1. The van der Waals surface area contributed by atoms with E-state index in [1.54, 1.807) is 14.2 Å². The molecule has 0 saturated carbocycles. The van der Waals surface area contributed by atoms with E-state index < -0.39 is 0 Å². The first-order valence-corrected chi connectivity index (χ1v) is 6.80. The largest absolute Gasteiger partial charge is 1.00 e. The van der Waals surface area contributed by atoms with Crippen molar-refractivity contribution >= 4 is 10.9 Å². The third-order valence-electron chi connectivity index (χ3n) is 3.40. The molecule has 2 saturated heterocycles. The van der Waals surface area contributed by atoms with Crippen LogP contribution in [0.5, 0.6) is 0 Å². The van der Waals surface area contributed by atoms with E-state index >= 15 is 0 Å². The Morgan fingerprint density at radius 1 is 1.07 bits per heavy atom. The lowest BCUT2D eigenvalue weighted by molar-refractivity contribution is -0.0397. The Balaban J connectivity index is 0.00000112. The van der Waals surface area contributed by atoms with Crippen molar-refractivity contribution < 1.29 is 38.6 Å². The Morgan fingerprint density at radius 3 is 2.13 bits per heavy atom. The molecule has 2 aliphatic heterocycles. The molecule has 1 unspecified atom stereocenters. The fourth-order valence-corrected chi connectivity index (χ4v) is 5.66. The first-order chi connectivity index (χ1) is 6.77. The number of halogens is 1. The zero-order valence-corrected chi connectivity index (χ0v) is 12.2. The highest BCUT2D eigenvalue weighted by Gasteiger charge is 2.54. The highest BCUT2D eigenvalue weighted by atomic mass is 127. The van der Waals surface area contributed by atoms with Crippen LogP contribution in [0.2, 0.25) is 0 Å². The van der Waals surface area contributed by atoms with E-state index in [2.05, 4.69) is 0 Å². The minimum absolute atomic E-state index is 0. The van der Waals surface area contributed by atoms with Gasteiger partial charge in [0.2, 0.25) is 0 Å². The van der Waals surface area contributed by atoms with Crippen LogP contribution in [0.3, 0.4) is 0 Å². The molecule has 90 valence electrons. The van der Waals surface area contributed by atoms with Gasteiger partial charge in [0.05, 0.1) is 6.10 Å². The molecular weight excluding hydrogens is 327 g/mol. The highest BCUT2D eigenvalue weighted by Crippen LogP contribution is 2.34. The summed E-state index contributed by atoms with van der Waals surface area (Å²) in [6.45, 7) is 0. The molecule has 0 amide bonds. The van der Waals surface area contributed by atoms with Crippen molar-refractivity contribution in [3.8, 4) is 0 Å². The number of ether oxygens (including phenoxy) is 2. The van der Waals surface area contributed by atoms with E-state index in [4.69, 9.17) is 9.47 Å². The van der Waals surface area contributed by atoms with Crippen LogP contribution in [0.15, 0.2) is 0 Å². The quantitative estimate of drug-likeness (QED) is 0.433. The van der Waals surface area contributed by atoms with Crippen molar-refractivity contribution in [2.45, 2.75) is 36.4 Å². The molecule has 0 aliphatic carbocycles. The maximum atomic E-state index is 10.1. The Labute approximate surface area is 111 Å². The summed E-state index contributed by atoms with van der Waals surface area (Å²) in [6.07, 6.45) is 2.08.